The second-order valence-electron chi connectivity index (χ2n) is 4.45. The molecule has 0 aliphatic carbocycles. The van der Waals surface area contributed by atoms with E-state index < -0.39 is 5.97 Å². The number of carbonyl (C=O) groups excluding carboxylic acids is 1. The monoisotopic (exact) mass is 274 g/mol. The van der Waals surface area contributed by atoms with E-state index in [4.69, 9.17) is 11.5 Å². The third-order valence-corrected chi connectivity index (χ3v) is 2.91. The highest BCUT2D eigenvalue weighted by atomic mass is 16.4. The van der Waals surface area contributed by atoms with Crippen molar-refractivity contribution in [1.82, 2.24) is 5.32 Å². The first-order valence-electron chi connectivity index (χ1n) is 6.32. The highest BCUT2D eigenvalue weighted by Crippen LogP contribution is 2.16. The van der Waals surface area contributed by atoms with Crippen LogP contribution in [0, 0.1) is 19.3 Å². The number of carbonyl (C=O) groups is 2. The average molecular weight is 274 g/mol. The number of nitrogens with one attached hydrogen (secondary N) is 2. The minimum Gasteiger partial charge on any atom is -0.478 e. The Kier molecular flexibility index (Phi) is 5.60. The number of aryl methyl sites for hydroxylation is 1. The van der Waals surface area contributed by atoms with E-state index in [0.29, 0.717) is 17.7 Å². The van der Waals surface area contributed by atoms with Crippen LogP contribution in [0.3, 0.4) is 0 Å². The number of rotatable bonds is 5. The Morgan fingerprint density at radius 3 is 2.65 bits per heavy atom. The molecular weight excluding hydrogens is 256 g/mol. The minimum absolute atomic E-state index is 0.0707. The molecule has 0 heterocycles. The van der Waals surface area contributed by atoms with Gasteiger partial charge < -0.3 is 15.7 Å². The Labute approximate surface area is 118 Å². The fourth-order valence-corrected chi connectivity index (χ4v) is 1.72. The van der Waals surface area contributed by atoms with Gasteiger partial charge >= 0.3 is 12.0 Å². The predicted molar refractivity (Wildman–Crippen MR) is 77.8 cm³/mol. The second kappa shape index (κ2) is 7.19. The SMILES string of the molecule is C#CCC(CC)NC(=O)Nc1ccc(C(=O)O)cc1C. The lowest BCUT2D eigenvalue weighted by atomic mass is 10.1. The Balaban J connectivity index is 2.71. The lowest BCUT2D eigenvalue weighted by Gasteiger charge is -2.16. The first-order chi connectivity index (χ1) is 9.47. The number of benzene rings is 1. The van der Waals surface area contributed by atoms with Gasteiger partial charge in [0.25, 0.3) is 0 Å². The van der Waals surface area contributed by atoms with Crippen LogP contribution in [0.15, 0.2) is 18.2 Å². The molecule has 0 saturated heterocycles. The molecule has 20 heavy (non-hydrogen) atoms. The van der Waals surface area contributed by atoms with Crippen LogP contribution < -0.4 is 10.6 Å². The number of urea groups is 1. The second-order valence-corrected chi connectivity index (χ2v) is 4.45. The van der Waals surface area contributed by atoms with Crippen LogP contribution in [-0.2, 0) is 0 Å². The molecule has 1 aromatic carbocycles. The summed E-state index contributed by atoms with van der Waals surface area (Å²) in [6.45, 7) is 3.68. The minimum atomic E-state index is -0.996. The van der Waals surface area contributed by atoms with Crippen LogP contribution in [0.2, 0.25) is 0 Å². The van der Waals surface area contributed by atoms with Gasteiger partial charge in [-0.1, -0.05) is 6.92 Å². The standard InChI is InChI=1S/C15H18N2O3/c1-4-6-12(5-2)16-15(20)17-13-8-7-11(14(18)19)9-10(13)3/h1,7-9,12H,5-6H2,2-3H3,(H,18,19)(H2,16,17,20). The molecule has 1 aromatic rings. The number of carboxylic acid groups (broad SMARTS) is 1. The molecule has 3 N–H and O–H groups in total. The molecule has 5 heteroatoms. The highest BCUT2D eigenvalue weighted by Gasteiger charge is 2.11. The predicted octanol–water partition coefficient (Wildman–Crippen LogP) is 2.62. The summed E-state index contributed by atoms with van der Waals surface area (Å²) >= 11 is 0. The number of amides is 2. The molecule has 1 rings (SSSR count). The first-order valence-corrected chi connectivity index (χ1v) is 6.32. The average Bonchev–Trinajstić information content (AvgIpc) is 2.40. The largest absolute Gasteiger partial charge is 0.478 e. The molecule has 0 radical (unpaired) electrons. The van der Waals surface area contributed by atoms with Crippen molar-refractivity contribution in [3.05, 3.63) is 29.3 Å². The summed E-state index contributed by atoms with van der Waals surface area (Å²) in [5.41, 5.74) is 1.44. The van der Waals surface area contributed by atoms with Crippen LogP contribution >= 0.6 is 0 Å². The van der Waals surface area contributed by atoms with Crippen molar-refractivity contribution in [3.63, 3.8) is 0 Å². The molecule has 1 unspecified atom stereocenters. The Morgan fingerprint density at radius 2 is 2.15 bits per heavy atom. The molecule has 5 nitrogen and oxygen atoms in total. The number of anilines is 1. The lowest BCUT2D eigenvalue weighted by molar-refractivity contribution is 0.0697. The van der Waals surface area contributed by atoms with Gasteiger partial charge in [-0.15, -0.1) is 12.3 Å². The van der Waals surface area contributed by atoms with Crippen molar-refractivity contribution in [3.8, 4) is 12.3 Å². The quantitative estimate of drug-likeness (QED) is 0.722. The van der Waals surface area contributed by atoms with Gasteiger partial charge in [0, 0.05) is 18.2 Å². The van der Waals surface area contributed by atoms with Crippen LogP contribution in [0.4, 0.5) is 10.5 Å². The smallest absolute Gasteiger partial charge is 0.335 e. The van der Waals surface area contributed by atoms with Gasteiger partial charge in [-0.05, 0) is 37.1 Å². The van der Waals surface area contributed by atoms with E-state index >= 15 is 0 Å². The summed E-state index contributed by atoms with van der Waals surface area (Å²) in [6.07, 6.45) is 6.44. The summed E-state index contributed by atoms with van der Waals surface area (Å²) in [5, 5.41) is 14.3. The van der Waals surface area contributed by atoms with Crippen molar-refractivity contribution in [2.75, 3.05) is 5.32 Å². The molecule has 0 spiro atoms. The number of carboxylic acids is 1. The Bertz CT molecular complexity index is 547. The molecule has 0 saturated carbocycles. The maximum Gasteiger partial charge on any atom is 0.335 e. The molecule has 0 bridgehead atoms. The van der Waals surface area contributed by atoms with E-state index in [-0.39, 0.29) is 17.6 Å². The van der Waals surface area contributed by atoms with Crippen LogP contribution in [0.1, 0.15) is 35.7 Å². The molecule has 1 atom stereocenters. The van der Waals surface area contributed by atoms with Gasteiger partial charge in [-0.25, -0.2) is 9.59 Å². The van der Waals surface area contributed by atoms with Crippen LogP contribution in [0.5, 0.6) is 0 Å². The van der Waals surface area contributed by atoms with Crippen molar-refractivity contribution >= 4 is 17.7 Å². The normalized spacial score (nSPS) is 11.2. The number of hydrogen-bond donors (Lipinski definition) is 3. The van der Waals surface area contributed by atoms with Gasteiger partial charge in [0.1, 0.15) is 0 Å². The zero-order valence-electron chi connectivity index (χ0n) is 11.6. The maximum absolute atomic E-state index is 11.8. The van der Waals surface area contributed by atoms with Gasteiger partial charge in [0.05, 0.1) is 5.56 Å². The van der Waals surface area contributed by atoms with Gasteiger partial charge in [0.15, 0.2) is 0 Å². The van der Waals surface area contributed by atoms with Gasteiger partial charge in [-0.2, -0.15) is 0 Å². The summed E-state index contributed by atoms with van der Waals surface area (Å²) in [4.78, 5) is 22.6. The molecule has 2 amide bonds. The third kappa shape index (κ3) is 4.32. The van der Waals surface area contributed by atoms with Crippen molar-refractivity contribution in [1.29, 1.82) is 0 Å². The summed E-state index contributed by atoms with van der Waals surface area (Å²) in [5.74, 6) is 1.52. The van der Waals surface area contributed by atoms with E-state index in [1.165, 1.54) is 12.1 Å². The fourth-order valence-electron chi connectivity index (χ4n) is 1.72. The number of hydrogen-bond acceptors (Lipinski definition) is 2. The van der Waals surface area contributed by atoms with Gasteiger partial charge in [-0.3, -0.25) is 0 Å². The van der Waals surface area contributed by atoms with Crippen molar-refractivity contribution < 1.29 is 14.7 Å². The Hall–Kier alpha value is -2.48. The first kappa shape index (κ1) is 15.6. The summed E-state index contributed by atoms with van der Waals surface area (Å²) < 4.78 is 0. The zero-order chi connectivity index (χ0) is 15.1. The molecule has 0 aliphatic rings. The Morgan fingerprint density at radius 1 is 1.45 bits per heavy atom. The lowest BCUT2D eigenvalue weighted by Crippen LogP contribution is -2.37. The highest BCUT2D eigenvalue weighted by molar-refractivity contribution is 5.92. The van der Waals surface area contributed by atoms with E-state index in [1.807, 2.05) is 6.92 Å². The molecular formula is C15H18N2O3. The van der Waals surface area contributed by atoms with E-state index in [1.54, 1.807) is 13.0 Å². The number of terminal acetylenes is 1. The van der Waals surface area contributed by atoms with Crippen molar-refractivity contribution in [2.24, 2.45) is 0 Å². The molecule has 106 valence electrons. The van der Waals surface area contributed by atoms with Crippen LogP contribution in [0.25, 0.3) is 0 Å². The summed E-state index contributed by atoms with van der Waals surface area (Å²) in [7, 11) is 0. The fraction of sp³-hybridized carbons (Fsp3) is 0.333. The van der Waals surface area contributed by atoms with E-state index in [9.17, 15) is 9.59 Å². The molecule has 0 fully saturated rings. The van der Waals surface area contributed by atoms with Gasteiger partial charge in [0.2, 0.25) is 0 Å². The molecule has 0 aromatic heterocycles. The third-order valence-electron chi connectivity index (χ3n) is 2.91. The summed E-state index contributed by atoms with van der Waals surface area (Å²) in [6, 6.07) is 4.11. The van der Waals surface area contributed by atoms with E-state index in [2.05, 4.69) is 16.6 Å². The van der Waals surface area contributed by atoms with Crippen LogP contribution in [-0.4, -0.2) is 23.1 Å². The van der Waals surface area contributed by atoms with E-state index in [0.717, 1.165) is 6.42 Å². The zero-order valence-corrected chi connectivity index (χ0v) is 11.6. The maximum atomic E-state index is 11.8. The topological polar surface area (TPSA) is 78.4 Å². The van der Waals surface area contributed by atoms with Crippen molar-refractivity contribution in [2.45, 2.75) is 32.7 Å². The molecule has 0 aliphatic heterocycles. The number of aromatic carboxylic acids is 1.